The van der Waals surface area contributed by atoms with Crippen molar-refractivity contribution >= 4 is 18.5 Å². The number of nitrogens with one attached hydrogen (secondary N) is 4. The number of carbonyl (C=O) groups is 2. The Morgan fingerprint density at radius 2 is 0.661 bits per heavy atom. The largest absolute Gasteiger partial charge is 0.624 e. The molecule has 0 spiro atoms. The van der Waals surface area contributed by atoms with E-state index in [0.29, 0.717) is 11.1 Å². The van der Waals surface area contributed by atoms with Crippen molar-refractivity contribution in [1.82, 2.24) is 31.1 Å². The van der Waals surface area contributed by atoms with Gasteiger partial charge in [-0.2, -0.15) is 0 Å². The molecule has 0 radical (unpaired) electrons. The normalized spacial score (nSPS) is 25.5. The zero-order valence-electron chi connectivity index (χ0n) is 41.4. The van der Waals surface area contributed by atoms with E-state index in [1.54, 1.807) is 0 Å². The lowest BCUT2D eigenvalue weighted by atomic mass is 9.75. The van der Waals surface area contributed by atoms with Crippen LogP contribution in [0.2, 0.25) is 0 Å². The third kappa shape index (κ3) is 11.3. The highest BCUT2D eigenvalue weighted by Gasteiger charge is 2.49. The molecule has 10 heteroatoms. The summed E-state index contributed by atoms with van der Waals surface area (Å²) >= 11 is 0. The van der Waals surface area contributed by atoms with Crippen molar-refractivity contribution in [3.8, 4) is 0 Å². The van der Waals surface area contributed by atoms with Crippen LogP contribution in [0.5, 0.6) is 0 Å². The number of hydrogen-bond acceptors (Lipinski definition) is 7. The molecule has 4 aliphatic heterocycles. The SMILES string of the molecule is C=[N+]([O-])C(c1ccc(C(=O)N(C2CC(C)(C)NC(C)(C)C2)C2CC(C)(C)NC(C)(C)C2)cc1)c1ccc(C(=O)N(C2CC(C)(C)NC(C)(C)C2)C2CC(C)(C)NC(C)(C)C2)cc1. The number of carbonyl (C=O) groups excluding carboxylic acids is 2. The van der Waals surface area contributed by atoms with Crippen LogP contribution in [0.3, 0.4) is 0 Å². The van der Waals surface area contributed by atoms with Crippen LogP contribution < -0.4 is 21.3 Å². The first-order valence-corrected chi connectivity index (χ1v) is 23.5. The molecule has 2 aromatic carbocycles. The molecule has 10 nitrogen and oxygen atoms in total. The second kappa shape index (κ2) is 16.3. The van der Waals surface area contributed by atoms with Gasteiger partial charge in [-0.05, 0) is 186 Å². The van der Waals surface area contributed by atoms with Gasteiger partial charge >= 0.3 is 0 Å². The fourth-order valence-electron chi connectivity index (χ4n) is 13.6. The molecule has 2 aromatic rings. The highest BCUT2D eigenvalue weighted by atomic mass is 16.5. The first-order chi connectivity index (χ1) is 28.2. The fraction of sp³-hybridized carbons (Fsp3) is 0.712. The van der Waals surface area contributed by atoms with Crippen LogP contribution in [0.1, 0.15) is 200 Å². The molecule has 0 bridgehead atoms. The van der Waals surface area contributed by atoms with Crippen molar-refractivity contribution in [3.63, 3.8) is 0 Å². The number of hydrogen-bond donors (Lipinski definition) is 4. The Labute approximate surface area is 375 Å². The predicted octanol–water partition coefficient (Wildman–Crippen LogP) is 9.11. The second-order valence-electron chi connectivity index (χ2n) is 25.3. The van der Waals surface area contributed by atoms with Gasteiger partial charge in [-0.15, -0.1) is 0 Å². The Morgan fingerprint density at radius 3 is 0.839 bits per heavy atom. The number of hydroxylamine groups is 1. The van der Waals surface area contributed by atoms with Gasteiger partial charge in [0.05, 0.1) is 0 Å². The van der Waals surface area contributed by atoms with Crippen LogP contribution >= 0.6 is 0 Å². The monoisotopic (exact) mass is 854 g/mol. The third-order valence-corrected chi connectivity index (χ3v) is 14.0. The van der Waals surface area contributed by atoms with Crippen LogP contribution in [0.15, 0.2) is 48.5 Å². The van der Waals surface area contributed by atoms with Crippen molar-refractivity contribution in [2.24, 2.45) is 0 Å². The van der Waals surface area contributed by atoms with Crippen LogP contribution in [-0.4, -0.2) is 102 Å². The van der Waals surface area contributed by atoms with Gasteiger partial charge in [0.15, 0.2) is 0 Å². The maximum atomic E-state index is 15.0. The van der Waals surface area contributed by atoms with Crippen LogP contribution in [0.4, 0.5) is 0 Å². The average Bonchev–Trinajstić information content (AvgIpc) is 3.03. The van der Waals surface area contributed by atoms with E-state index in [-0.39, 0.29) is 80.3 Å². The van der Waals surface area contributed by atoms with E-state index in [1.165, 1.54) is 0 Å². The lowest BCUT2D eigenvalue weighted by Gasteiger charge is -2.55. The molecule has 6 rings (SSSR count). The summed E-state index contributed by atoms with van der Waals surface area (Å²) < 4.78 is 0.725. The predicted molar refractivity (Wildman–Crippen MR) is 255 cm³/mol. The summed E-state index contributed by atoms with van der Waals surface area (Å²) in [4.78, 5) is 34.4. The Hall–Kier alpha value is -3.31. The quantitative estimate of drug-likeness (QED) is 0.0862. The van der Waals surface area contributed by atoms with E-state index in [9.17, 15) is 14.8 Å². The summed E-state index contributed by atoms with van der Waals surface area (Å²) in [6, 6.07) is 14.7. The number of amides is 2. The Bertz CT molecular complexity index is 1700. The van der Waals surface area contributed by atoms with E-state index in [2.05, 4.69) is 149 Å². The van der Waals surface area contributed by atoms with Crippen molar-refractivity contribution in [2.75, 3.05) is 0 Å². The number of benzene rings is 2. The molecule has 0 aromatic heterocycles. The van der Waals surface area contributed by atoms with E-state index >= 15 is 0 Å². The average molecular weight is 854 g/mol. The van der Waals surface area contributed by atoms with Crippen LogP contribution in [0, 0.1) is 5.21 Å². The molecule has 62 heavy (non-hydrogen) atoms. The van der Waals surface area contributed by atoms with Crippen LogP contribution in [0.25, 0.3) is 0 Å². The smallest absolute Gasteiger partial charge is 0.254 e. The van der Waals surface area contributed by atoms with Gasteiger partial charge in [-0.25, -0.2) is 4.74 Å². The molecule has 2 amide bonds. The highest BCUT2D eigenvalue weighted by Crippen LogP contribution is 2.41. The molecule has 4 fully saturated rings. The van der Waals surface area contributed by atoms with Crippen LogP contribution in [-0.2, 0) is 0 Å². The number of nitrogens with zero attached hydrogens (tertiary/aromatic N) is 3. The van der Waals surface area contributed by atoms with Gasteiger partial charge < -0.3 is 36.3 Å². The first-order valence-electron chi connectivity index (χ1n) is 23.5. The fourth-order valence-corrected chi connectivity index (χ4v) is 13.6. The summed E-state index contributed by atoms with van der Waals surface area (Å²) in [7, 11) is 0. The van der Waals surface area contributed by atoms with E-state index in [0.717, 1.165) is 67.2 Å². The van der Waals surface area contributed by atoms with Crippen molar-refractivity contribution < 1.29 is 14.3 Å². The van der Waals surface area contributed by atoms with Gasteiger partial charge in [-0.3, -0.25) is 9.59 Å². The van der Waals surface area contributed by atoms with Gasteiger partial charge in [0.2, 0.25) is 6.04 Å². The number of piperidine rings is 4. The summed E-state index contributed by atoms with van der Waals surface area (Å²) in [5.41, 5.74) is 1.66. The van der Waals surface area contributed by atoms with E-state index in [4.69, 9.17) is 0 Å². The second-order valence-corrected chi connectivity index (χ2v) is 25.3. The molecular weight excluding hydrogens is 771 g/mol. The van der Waals surface area contributed by atoms with Gasteiger partial charge in [0.1, 0.15) is 6.72 Å². The maximum absolute atomic E-state index is 15.0. The Morgan fingerprint density at radius 1 is 0.468 bits per heavy atom. The van der Waals surface area contributed by atoms with Gasteiger partial charge in [0.25, 0.3) is 11.8 Å². The van der Waals surface area contributed by atoms with Gasteiger partial charge in [0, 0.05) is 90.7 Å². The molecule has 344 valence electrons. The molecular formula is C52H83N7O3. The number of rotatable bonds is 9. The van der Waals surface area contributed by atoms with E-state index in [1.807, 2.05) is 48.5 Å². The molecule has 4 N–H and O–H groups in total. The summed E-state index contributed by atoms with van der Waals surface area (Å²) in [5, 5.41) is 28.6. The zero-order chi connectivity index (χ0) is 46.2. The summed E-state index contributed by atoms with van der Waals surface area (Å²) in [6.45, 7) is 39.7. The summed E-state index contributed by atoms with van der Waals surface area (Å²) in [5.74, 6) is 0.0688. The summed E-state index contributed by atoms with van der Waals surface area (Å²) in [6.07, 6.45) is 6.87. The minimum atomic E-state index is -0.718. The standard InChI is InChI=1S/C52H83N7O3/c1-45(2)26-38(27-46(3,4)53-45)58(39-28-47(5,6)54-48(7,8)29-39)43(60)36-22-18-34(19-23-36)42(57(17)62)35-20-24-37(25-21-35)44(61)59(40-30-49(9,10)55-50(11,12)31-40)41-32-51(13,14)56-52(15,16)33-41/h18-25,38-42,53-56H,17,26-33H2,1-16H3. The molecule has 4 saturated heterocycles. The Kier molecular flexibility index (Phi) is 12.7. The topological polar surface area (TPSA) is 115 Å². The van der Waals surface area contributed by atoms with Crippen molar-refractivity contribution in [2.45, 2.75) is 237 Å². The molecule has 4 heterocycles. The third-order valence-electron chi connectivity index (χ3n) is 14.0. The Balaban J connectivity index is 1.29. The molecule has 0 atom stereocenters. The minimum absolute atomic E-state index is 0.0344. The van der Waals surface area contributed by atoms with E-state index < -0.39 is 6.04 Å². The first kappa shape index (κ1) is 48.2. The lowest BCUT2D eigenvalue weighted by Crippen LogP contribution is -2.67. The van der Waals surface area contributed by atoms with Crippen molar-refractivity contribution in [3.05, 3.63) is 76.0 Å². The van der Waals surface area contributed by atoms with Crippen molar-refractivity contribution in [1.29, 1.82) is 0 Å². The maximum Gasteiger partial charge on any atom is 0.254 e. The zero-order valence-corrected chi connectivity index (χ0v) is 41.4. The molecule has 0 aliphatic carbocycles. The highest BCUT2D eigenvalue weighted by molar-refractivity contribution is 5.95. The molecule has 0 saturated carbocycles. The molecule has 0 unspecified atom stereocenters. The lowest BCUT2D eigenvalue weighted by molar-refractivity contribution is -0.487. The molecule has 4 aliphatic rings. The van der Waals surface area contributed by atoms with Gasteiger partial charge in [-0.1, -0.05) is 24.3 Å². The minimum Gasteiger partial charge on any atom is -0.624 e.